The smallest absolute Gasteiger partial charge is 0.319 e. The highest BCUT2D eigenvalue weighted by atomic mass is 79.9. The first-order valence-corrected chi connectivity index (χ1v) is 14.3. The quantitative estimate of drug-likeness (QED) is 0.228. The number of carbonyl (C=O) groups excluding carboxylic acids is 1. The zero-order chi connectivity index (χ0) is 29.2. The Hall–Kier alpha value is -2.77. The van der Waals surface area contributed by atoms with Crippen molar-refractivity contribution in [1.29, 1.82) is 0 Å². The maximum atomic E-state index is 12.4. The van der Waals surface area contributed by atoms with E-state index < -0.39 is 24.5 Å². The van der Waals surface area contributed by atoms with Gasteiger partial charge in [0.1, 0.15) is 36.1 Å². The van der Waals surface area contributed by atoms with Crippen LogP contribution in [0.2, 0.25) is 0 Å². The van der Waals surface area contributed by atoms with E-state index >= 15 is 0 Å². The number of halogens is 1. The van der Waals surface area contributed by atoms with Crippen molar-refractivity contribution >= 4 is 44.5 Å². The summed E-state index contributed by atoms with van der Waals surface area (Å²) in [5, 5.41) is 28.1. The number of nitrogens with two attached hydrogens (primary N) is 1. The number of anilines is 2. The van der Waals surface area contributed by atoms with Gasteiger partial charge in [-0.25, -0.2) is 14.8 Å². The molecule has 4 rings (SSSR count). The van der Waals surface area contributed by atoms with Gasteiger partial charge >= 0.3 is 6.03 Å². The number of hydrogen-bond acceptors (Lipinski definition) is 8. The first kappa shape index (κ1) is 30.2. The van der Waals surface area contributed by atoms with Gasteiger partial charge in [0.15, 0.2) is 6.23 Å². The van der Waals surface area contributed by atoms with Crippen LogP contribution in [0.4, 0.5) is 16.3 Å². The van der Waals surface area contributed by atoms with Crippen molar-refractivity contribution in [3.63, 3.8) is 0 Å². The van der Waals surface area contributed by atoms with Crippen LogP contribution < -0.4 is 16.4 Å². The summed E-state index contributed by atoms with van der Waals surface area (Å²) in [6.45, 7) is 12.1. The lowest BCUT2D eigenvalue weighted by atomic mass is 9.87. The number of carbonyl (C=O) groups is 1. The minimum absolute atomic E-state index is 0.0545. The molecule has 6 N–H and O–H groups in total. The number of benzene rings is 1. The third kappa shape index (κ3) is 6.74. The first-order chi connectivity index (χ1) is 18.9. The summed E-state index contributed by atoms with van der Waals surface area (Å²) >= 11 is 3.48. The van der Waals surface area contributed by atoms with Crippen LogP contribution in [0, 0.1) is 0 Å². The Bertz CT molecular complexity index is 1310. The molecule has 1 saturated heterocycles. The number of urea groups is 1. The van der Waals surface area contributed by atoms with Gasteiger partial charge in [-0.3, -0.25) is 4.90 Å². The number of aromatic nitrogens is 3. The van der Waals surface area contributed by atoms with Gasteiger partial charge in [0.25, 0.3) is 0 Å². The van der Waals surface area contributed by atoms with Crippen molar-refractivity contribution in [2.24, 2.45) is 0 Å². The number of ether oxygens (including phenoxy) is 1. The Morgan fingerprint density at radius 3 is 2.55 bits per heavy atom. The average molecular weight is 619 g/mol. The standard InChI is InChI=1S/C28H40BrN7O4/c1-16(2)35(12-6-11-31-27(39)34-18-9-7-17(8-10-18)28(3,4)5)14-20-22(37)23(38)26(40-20)36-13-19(29)21-24(30)32-15-33-25(21)36/h7-10,13,15-16,20,22-23,26,37-38H,6,11-12,14H2,1-5H3,(H2,30,32,33)(H2,31,34,39)/t20-,22-,23+,26-/m0/s1. The molecule has 3 heterocycles. The summed E-state index contributed by atoms with van der Waals surface area (Å²) in [4.78, 5) is 22.9. The zero-order valence-electron chi connectivity index (χ0n) is 23.6. The fourth-order valence-electron chi connectivity index (χ4n) is 4.87. The van der Waals surface area contributed by atoms with Crippen LogP contribution in [0.25, 0.3) is 11.0 Å². The third-order valence-electron chi connectivity index (χ3n) is 7.26. The number of aliphatic hydroxyl groups is 2. The molecule has 218 valence electrons. The number of rotatable bonds is 9. The number of hydrogen-bond donors (Lipinski definition) is 5. The van der Waals surface area contributed by atoms with E-state index in [4.69, 9.17) is 10.5 Å². The van der Waals surface area contributed by atoms with E-state index in [1.54, 1.807) is 10.8 Å². The molecule has 0 spiro atoms. The molecule has 0 aliphatic carbocycles. The van der Waals surface area contributed by atoms with E-state index in [0.29, 0.717) is 47.4 Å². The van der Waals surface area contributed by atoms with Crippen molar-refractivity contribution in [2.75, 3.05) is 30.7 Å². The minimum Gasteiger partial charge on any atom is -0.387 e. The largest absolute Gasteiger partial charge is 0.387 e. The molecule has 0 bridgehead atoms. The molecule has 11 nitrogen and oxygen atoms in total. The Morgan fingerprint density at radius 1 is 1.20 bits per heavy atom. The molecule has 12 heteroatoms. The van der Waals surface area contributed by atoms with Gasteiger partial charge in [-0.1, -0.05) is 32.9 Å². The molecule has 40 heavy (non-hydrogen) atoms. The van der Waals surface area contributed by atoms with E-state index in [1.807, 2.05) is 24.3 Å². The summed E-state index contributed by atoms with van der Waals surface area (Å²) in [5.74, 6) is 0.312. The Balaban J connectivity index is 1.30. The predicted octanol–water partition coefficient (Wildman–Crippen LogP) is 3.61. The highest BCUT2D eigenvalue weighted by Crippen LogP contribution is 2.36. The van der Waals surface area contributed by atoms with Gasteiger partial charge in [-0.2, -0.15) is 0 Å². The highest BCUT2D eigenvalue weighted by Gasteiger charge is 2.45. The van der Waals surface area contributed by atoms with Crippen LogP contribution in [0.1, 0.15) is 52.8 Å². The second kappa shape index (κ2) is 12.4. The number of fused-ring (bicyclic) bond motifs is 1. The lowest BCUT2D eigenvalue weighted by Crippen LogP contribution is -2.44. The number of nitrogen functional groups attached to an aromatic ring is 1. The molecule has 1 aliphatic rings. The second-order valence-electron chi connectivity index (χ2n) is 11.5. The third-order valence-corrected chi connectivity index (χ3v) is 7.87. The second-order valence-corrected chi connectivity index (χ2v) is 12.4. The summed E-state index contributed by atoms with van der Waals surface area (Å²) < 4.78 is 8.52. The topological polar surface area (TPSA) is 151 Å². The van der Waals surface area contributed by atoms with Crippen molar-refractivity contribution in [3.05, 3.63) is 46.8 Å². The highest BCUT2D eigenvalue weighted by molar-refractivity contribution is 9.10. The predicted molar refractivity (Wildman–Crippen MR) is 159 cm³/mol. The molecular formula is C28H40BrN7O4. The van der Waals surface area contributed by atoms with Crippen LogP contribution in [0.3, 0.4) is 0 Å². The molecule has 3 aromatic rings. The zero-order valence-corrected chi connectivity index (χ0v) is 25.2. The SMILES string of the molecule is CC(C)N(CCCNC(=O)Nc1ccc(C(C)(C)C)cc1)C[C@@H]1O[C@H](n2cc(Br)c3c(N)ncnc32)[C@H](O)[C@H]1O. The van der Waals surface area contributed by atoms with Gasteiger partial charge < -0.3 is 35.9 Å². The summed E-state index contributed by atoms with van der Waals surface area (Å²) in [7, 11) is 0. The van der Waals surface area contributed by atoms with Crippen LogP contribution in [-0.2, 0) is 10.2 Å². The van der Waals surface area contributed by atoms with E-state index in [9.17, 15) is 15.0 Å². The molecule has 0 radical (unpaired) electrons. The van der Waals surface area contributed by atoms with Crippen LogP contribution >= 0.6 is 15.9 Å². The average Bonchev–Trinajstić information content (AvgIpc) is 3.37. The molecule has 2 aromatic heterocycles. The summed E-state index contributed by atoms with van der Waals surface area (Å²) in [6.07, 6.45) is 0.0947. The van der Waals surface area contributed by atoms with E-state index in [-0.39, 0.29) is 17.5 Å². The fourth-order valence-corrected chi connectivity index (χ4v) is 5.47. The lowest BCUT2D eigenvalue weighted by Gasteiger charge is -2.30. The molecular weight excluding hydrogens is 578 g/mol. The van der Waals surface area contributed by atoms with Gasteiger partial charge in [0.2, 0.25) is 0 Å². The van der Waals surface area contributed by atoms with E-state index in [2.05, 4.69) is 76.1 Å². The van der Waals surface area contributed by atoms with Crippen LogP contribution in [-0.4, -0.2) is 79.7 Å². The fraction of sp³-hybridized carbons (Fsp3) is 0.536. The van der Waals surface area contributed by atoms with Gasteiger partial charge in [-0.15, -0.1) is 0 Å². The maximum Gasteiger partial charge on any atom is 0.319 e. The van der Waals surface area contributed by atoms with E-state index in [0.717, 1.165) is 5.69 Å². The lowest BCUT2D eigenvalue weighted by molar-refractivity contribution is -0.0466. The van der Waals surface area contributed by atoms with Crippen molar-refractivity contribution in [2.45, 2.75) is 77.0 Å². The first-order valence-electron chi connectivity index (χ1n) is 13.5. The Labute approximate surface area is 243 Å². The molecule has 1 aromatic carbocycles. The summed E-state index contributed by atoms with van der Waals surface area (Å²) in [6, 6.07) is 7.78. The Kier molecular flexibility index (Phi) is 9.36. The number of nitrogens with zero attached hydrogens (tertiary/aromatic N) is 4. The number of amides is 2. The normalized spacial score (nSPS) is 21.4. The molecule has 1 fully saturated rings. The molecule has 4 atom stereocenters. The van der Waals surface area contributed by atoms with Crippen molar-refractivity contribution < 1.29 is 19.7 Å². The minimum atomic E-state index is -1.15. The van der Waals surface area contributed by atoms with Gasteiger partial charge in [-0.05, 0) is 59.3 Å². The van der Waals surface area contributed by atoms with Crippen molar-refractivity contribution in [3.8, 4) is 0 Å². The van der Waals surface area contributed by atoms with Crippen molar-refractivity contribution in [1.82, 2.24) is 24.8 Å². The Morgan fingerprint density at radius 2 is 1.90 bits per heavy atom. The van der Waals surface area contributed by atoms with E-state index in [1.165, 1.54) is 11.9 Å². The number of nitrogens with one attached hydrogen (secondary N) is 2. The van der Waals surface area contributed by atoms with Crippen LogP contribution in [0.15, 0.2) is 41.3 Å². The number of aliphatic hydroxyl groups excluding tert-OH is 2. The molecule has 0 unspecified atom stereocenters. The molecule has 2 amide bonds. The van der Waals surface area contributed by atoms with Crippen LogP contribution in [0.5, 0.6) is 0 Å². The molecule has 0 saturated carbocycles. The monoisotopic (exact) mass is 617 g/mol. The summed E-state index contributed by atoms with van der Waals surface area (Å²) in [5.41, 5.74) is 8.52. The van der Waals surface area contributed by atoms with Gasteiger partial charge in [0, 0.05) is 42.0 Å². The van der Waals surface area contributed by atoms with Gasteiger partial charge in [0.05, 0.1) is 5.39 Å². The maximum absolute atomic E-state index is 12.4. The molecule has 1 aliphatic heterocycles.